The van der Waals surface area contributed by atoms with Crippen LogP contribution in [0.25, 0.3) is 0 Å². The minimum Gasteiger partial charge on any atom is -0.484 e. The zero-order valence-electron chi connectivity index (χ0n) is 18.2. The molecule has 2 amide bonds. The van der Waals surface area contributed by atoms with Gasteiger partial charge in [0, 0.05) is 17.6 Å². The molecule has 0 spiro atoms. The Bertz CT molecular complexity index is 837. The fourth-order valence-corrected chi connectivity index (χ4v) is 3.34. The van der Waals surface area contributed by atoms with E-state index in [2.05, 4.69) is 21.2 Å². The fraction of sp³-hybridized carbons (Fsp3) is 0.417. The molecule has 0 heterocycles. The smallest absolute Gasteiger partial charge is 0.261 e. The highest BCUT2D eigenvalue weighted by molar-refractivity contribution is 9.10. The van der Waals surface area contributed by atoms with Gasteiger partial charge in [-0.1, -0.05) is 61.0 Å². The quantitative estimate of drug-likeness (QED) is 0.541. The van der Waals surface area contributed by atoms with Crippen LogP contribution in [-0.2, 0) is 16.1 Å². The third kappa shape index (κ3) is 7.17. The zero-order valence-corrected chi connectivity index (χ0v) is 19.7. The summed E-state index contributed by atoms with van der Waals surface area (Å²) < 4.78 is 6.64. The van der Waals surface area contributed by atoms with E-state index < -0.39 is 6.04 Å². The molecule has 5 nitrogen and oxygen atoms in total. The van der Waals surface area contributed by atoms with E-state index in [1.165, 1.54) is 0 Å². The Hall–Kier alpha value is -2.34. The Balaban J connectivity index is 2.19. The number of aryl methyl sites for hydroxylation is 1. The van der Waals surface area contributed by atoms with Gasteiger partial charge in [0.1, 0.15) is 11.8 Å². The molecule has 2 rings (SSSR count). The third-order valence-corrected chi connectivity index (χ3v) is 5.38. The number of amides is 2. The van der Waals surface area contributed by atoms with E-state index in [1.807, 2.05) is 64.1 Å². The highest BCUT2D eigenvalue weighted by atomic mass is 79.9. The number of halogens is 1. The molecule has 2 aromatic rings. The number of rotatable bonds is 10. The van der Waals surface area contributed by atoms with Crippen LogP contribution >= 0.6 is 15.9 Å². The van der Waals surface area contributed by atoms with Crippen LogP contribution in [0.4, 0.5) is 0 Å². The van der Waals surface area contributed by atoms with E-state index in [9.17, 15) is 9.59 Å². The molecule has 162 valence electrons. The Labute approximate surface area is 187 Å². The number of nitrogens with one attached hydrogen (secondary N) is 1. The van der Waals surface area contributed by atoms with Crippen molar-refractivity contribution in [3.8, 4) is 5.75 Å². The van der Waals surface area contributed by atoms with E-state index in [4.69, 9.17) is 4.74 Å². The number of hydrogen-bond acceptors (Lipinski definition) is 3. The topological polar surface area (TPSA) is 58.6 Å². The maximum Gasteiger partial charge on any atom is 0.261 e. The molecule has 0 aliphatic heterocycles. The molecule has 0 unspecified atom stereocenters. The number of carbonyl (C=O) groups is 2. The van der Waals surface area contributed by atoms with Crippen LogP contribution in [0, 0.1) is 12.8 Å². The number of benzene rings is 2. The van der Waals surface area contributed by atoms with Gasteiger partial charge in [-0.2, -0.15) is 0 Å². The molecular weight excluding hydrogens is 444 g/mol. The minimum absolute atomic E-state index is 0.124. The molecular formula is C24H31BrN2O3. The number of carbonyl (C=O) groups excluding carboxylic acids is 2. The van der Waals surface area contributed by atoms with Crippen molar-refractivity contribution in [2.75, 3.05) is 13.2 Å². The Morgan fingerprint density at radius 3 is 2.37 bits per heavy atom. The standard InChI is InChI=1S/C24H31BrN2O3/c1-5-22(24(29)26-14-17(2)3)27(15-19-9-7-6-8-18(19)4)23(28)16-30-21-12-10-20(25)11-13-21/h6-13,17,22H,5,14-16H2,1-4H3,(H,26,29)/t22-/m0/s1. The summed E-state index contributed by atoms with van der Waals surface area (Å²) in [6, 6.07) is 14.7. The summed E-state index contributed by atoms with van der Waals surface area (Å²) in [4.78, 5) is 27.6. The molecule has 6 heteroatoms. The van der Waals surface area contributed by atoms with Crippen LogP contribution in [-0.4, -0.2) is 35.9 Å². The first-order valence-electron chi connectivity index (χ1n) is 10.3. The van der Waals surface area contributed by atoms with Crippen molar-refractivity contribution in [1.82, 2.24) is 10.2 Å². The van der Waals surface area contributed by atoms with Gasteiger partial charge >= 0.3 is 0 Å². The minimum atomic E-state index is -0.552. The van der Waals surface area contributed by atoms with Crippen LogP contribution in [0.5, 0.6) is 5.75 Å². The van der Waals surface area contributed by atoms with Crippen molar-refractivity contribution in [2.45, 2.75) is 46.7 Å². The molecule has 0 radical (unpaired) electrons. The first kappa shape index (κ1) is 23.9. The van der Waals surface area contributed by atoms with Crippen molar-refractivity contribution < 1.29 is 14.3 Å². The predicted octanol–water partition coefficient (Wildman–Crippen LogP) is 4.72. The van der Waals surface area contributed by atoms with Gasteiger partial charge in [0.25, 0.3) is 5.91 Å². The van der Waals surface area contributed by atoms with Gasteiger partial charge in [0.15, 0.2) is 6.61 Å². The maximum absolute atomic E-state index is 13.2. The highest BCUT2D eigenvalue weighted by Crippen LogP contribution is 2.18. The van der Waals surface area contributed by atoms with Gasteiger partial charge in [-0.05, 0) is 54.7 Å². The Morgan fingerprint density at radius 1 is 1.10 bits per heavy atom. The summed E-state index contributed by atoms with van der Waals surface area (Å²) in [6.07, 6.45) is 0.528. The molecule has 0 aromatic heterocycles. The fourth-order valence-electron chi connectivity index (χ4n) is 3.07. The van der Waals surface area contributed by atoms with Crippen LogP contribution in [0.15, 0.2) is 53.0 Å². The molecule has 30 heavy (non-hydrogen) atoms. The average molecular weight is 475 g/mol. The largest absolute Gasteiger partial charge is 0.484 e. The lowest BCUT2D eigenvalue weighted by Gasteiger charge is -2.31. The second-order valence-electron chi connectivity index (χ2n) is 7.75. The van der Waals surface area contributed by atoms with E-state index in [0.717, 1.165) is 15.6 Å². The third-order valence-electron chi connectivity index (χ3n) is 4.85. The summed E-state index contributed by atoms with van der Waals surface area (Å²) >= 11 is 3.39. The summed E-state index contributed by atoms with van der Waals surface area (Å²) in [5.74, 6) is 0.608. The van der Waals surface area contributed by atoms with Crippen molar-refractivity contribution in [3.05, 3.63) is 64.1 Å². The highest BCUT2D eigenvalue weighted by Gasteiger charge is 2.29. The van der Waals surface area contributed by atoms with Gasteiger partial charge in [0.05, 0.1) is 0 Å². The lowest BCUT2D eigenvalue weighted by atomic mass is 10.1. The van der Waals surface area contributed by atoms with E-state index in [1.54, 1.807) is 17.0 Å². The SMILES string of the molecule is CC[C@@H](C(=O)NCC(C)C)N(Cc1ccccc1C)C(=O)COc1ccc(Br)cc1. The monoisotopic (exact) mass is 474 g/mol. The van der Waals surface area contributed by atoms with Gasteiger partial charge in [-0.25, -0.2) is 0 Å². The van der Waals surface area contributed by atoms with E-state index >= 15 is 0 Å². The molecule has 0 saturated carbocycles. The lowest BCUT2D eigenvalue weighted by molar-refractivity contribution is -0.143. The lowest BCUT2D eigenvalue weighted by Crippen LogP contribution is -2.50. The van der Waals surface area contributed by atoms with Crippen LogP contribution in [0.3, 0.4) is 0 Å². The Kier molecular flexibility index (Phi) is 9.37. The average Bonchev–Trinajstić information content (AvgIpc) is 2.72. The molecule has 0 saturated heterocycles. The number of ether oxygens (including phenoxy) is 1. The van der Waals surface area contributed by atoms with Gasteiger partial charge < -0.3 is 15.0 Å². The summed E-state index contributed by atoms with van der Waals surface area (Å²) in [7, 11) is 0. The zero-order chi connectivity index (χ0) is 22.1. The second kappa shape index (κ2) is 11.7. The van der Waals surface area contributed by atoms with Gasteiger partial charge in [-0.15, -0.1) is 0 Å². The van der Waals surface area contributed by atoms with Crippen LogP contribution < -0.4 is 10.1 Å². The van der Waals surface area contributed by atoms with Crippen LogP contribution in [0.2, 0.25) is 0 Å². The molecule has 0 aliphatic carbocycles. The normalized spacial score (nSPS) is 11.8. The maximum atomic E-state index is 13.2. The van der Waals surface area contributed by atoms with E-state index in [0.29, 0.717) is 31.2 Å². The Morgan fingerprint density at radius 2 is 1.77 bits per heavy atom. The van der Waals surface area contributed by atoms with Crippen molar-refractivity contribution in [1.29, 1.82) is 0 Å². The summed E-state index contributed by atoms with van der Waals surface area (Å²) in [6.45, 7) is 8.85. The summed E-state index contributed by atoms with van der Waals surface area (Å²) in [5.41, 5.74) is 2.10. The van der Waals surface area contributed by atoms with Gasteiger partial charge in [0.2, 0.25) is 5.91 Å². The molecule has 0 aliphatic rings. The van der Waals surface area contributed by atoms with Gasteiger partial charge in [-0.3, -0.25) is 9.59 Å². The summed E-state index contributed by atoms with van der Waals surface area (Å²) in [5, 5.41) is 2.97. The molecule has 0 fully saturated rings. The van der Waals surface area contributed by atoms with Crippen molar-refractivity contribution >= 4 is 27.7 Å². The first-order chi connectivity index (χ1) is 14.3. The van der Waals surface area contributed by atoms with Crippen molar-refractivity contribution in [2.24, 2.45) is 5.92 Å². The molecule has 2 aromatic carbocycles. The van der Waals surface area contributed by atoms with Crippen LogP contribution in [0.1, 0.15) is 38.3 Å². The molecule has 1 N–H and O–H groups in total. The number of nitrogens with zero attached hydrogens (tertiary/aromatic N) is 1. The number of hydrogen-bond donors (Lipinski definition) is 1. The molecule has 0 bridgehead atoms. The van der Waals surface area contributed by atoms with Crippen molar-refractivity contribution in [3.63, 3.8) is 0 Å². The van der Waals surface area contributed by atoms with E-state index in [-0.39, 0.29) is 18.4 Å². The second-order valence-corrected chi connectivity index (χ2v) is 8.67. The predicted molar refractivity (Wildman–Crippen MR) is 123 cm³/mol. The first-order valence-corrected chi connectivity index (χ1v) is 11.1. The molecule has 1 atom stereocenters.